The Morgan fingerprint density at radius 2 is 2.24 bits per heavy atom. The minimum absolute atomic E-state index is 0.265. The normalized spacial score (nSPS) is 12.9. The van der Waals surface area contributed by atoms with Crippen molar-refractivity contribution in [2.75, 3.05) is 12.4 Å². The number of nitrogens with zero attached hydrogens (tertiary/aromatic N) is 1. The van der Waals surface area contributed by atoms with E-state index in [4.69, 9.17) is 10.00 Å². The first-order valence-corrected chi connectivity index (χ1v) is 6.23. The molecule has 0 bridgehead atoms. The third-order valence-corrected chi connectivity index (χ3v) is 3.06. The monoisotopic (exact) mass is 296 g/mol. The highest BCUT2D eigenvalue weighted by atomic mass is 79.9. The Bertz CT molecular complexity index is 412. The summed E-state index contributed by atoms with van der Waals surface area (Å²) in [6.07, 6.45) is 0.631. The molecule has 3 nitrogen and oxygen atoms in total. The SMILES string of the molecule is COC(C)(C)CC(C#N)Nc1cccc(Br)c1. The van der Waals surface area contributed by atoms with E-state index in [9.17, 15) is 0 Å². The molecule has 0 saturated heterocycles. The molecule has 1 N–H and O–H groups in total. The average Bonchev–Trinajstić information content (AvgIpc) is 2.28. The molecule has 92 valence electrons. The molecule has 1 atom stereocenters. The maximum Gasteiger partial charge on any atom is 0.117 e. The van der Waals surface area contributed by atoms with Crippen molar-refractivity contribution in [1.29, 1.82) is 5.26 Å². The minimum atomic E-state index is -0.306. The Kier molecular flexibility index (Phi) is 4.98. The number of nitriles is 1. The molecule has 1 aromatic carbocycles. The third-order valence-electron chi connectivity index (χ3n) is 2.57. The third kappa shape index (κ3) is 4.76. The van der Waals surface area contributed by atoms with Crippen LogP contribution in [0.4, 0.5) is 5.69 Å². The molecule has 1 unspecified atom stereocenters. The number of halogens is 1. The van der Waals surface area contributed by atoms with Crippen molar-refractivity contribution in [2.45, 2.75) is 31.9 Å². The predicted molar refractivity (Wildman–Crippen MR) is 72.9 cm³/mol. The van der Waals surface area contributed by atoms with Crippen LogP contribution in [0.15, 0.2) is 28.7 Å². The molecular formula is C13H17BrN2O. The van der Waals surface area contributed by atoms with Crippen LogP contribution in [0.1, 0.15) is 20.3 Å². The van der Waals surface area contributed by atoms with Gasteiger partial charge < -0.3 is 10.1 Å². The van der Waals surface area contributed by atoms with Gasteiger partial charge in [0.2, 0.25) is 0 Å². The van der Waals surface area contributed by atoms with Gasteiger partial charge in [0.05, 0.1) is 11.7 Å². The lowest BCUT2D eigenvalue weighted by molar-refractivity contribution is 0.0148. The fourth-order valence-electron chi connectivity index (χ4n) is 1.48. The molecule has 0 saturated carbocycles. The zero-order chi connectivity index (χ0) is 12.9. The highest BCUT2D eigenvalue weighted by Crippen LogP contribution is 2.20. The van der Waals surface area contributed by atoms with Crippen molar-refractivity contribution >= 4 is 21.6 Å². The first-order chi connectivity index (χ1) is 7.96. The smallest absolute Gasteiger partial charge is 0.117 e. The van der Waals surface area contributed by atoms with Crippen LogP contribution in [-0.4, -0.2) is 18.8 Å². The topological polar surface area (TPSA) is 45.0 Å². The van der Waals surface area contributed by atoms with Gasteiger partial charge in [-0.2, -0.15) is 5.26 Å². The molecule has 17 heavy (non-hydrogen) atoms. The summed E-state index contributed by atoms with van der Waals surface area (Å²) in [4.78, 5) is 0. The highest BCUT2D eigenvalue weighted by molar-refractivity contribution is 9.10. The Hall–Kier alpha value is -1.05. The van der Waals surface area contributed by atoms with E-state index in [2.05, 4.69) is 27.3 Å². The number of hydrogen-bond acceptors (Lipinski definition) is 3. The van der Waals surface area contributed by atoms with Crippen LogP contribution < -0.4 is 5.32 Å². The van der Waals surface area contributed by atoms with Gasteiger partial charge in [-0.05, 0) is 32.0 Å². The lowest BCUT2D eigenvalue weighted by atomic mass is 9.99. The van der Waals surface area contributed by atoms with Gasteiger partial charge in [-0.25, -0.2) is 0 Å². The van der Waals surface area contributed by atoms with Gasteiger partial charge in [0.15, 0.2) is 0 Å². The minimum Gasteiger partial charge on any atom is -0.379 e. The number of anilines is 1. The summed E-state index contributed by atoms with van der Waals surface area (Å²) >= 11 is 3.40. The molecular weight excluding hydrogens is 280 g/mol. The second-order valence-corrected chi connectivity index (χ2v) is 5.42. The van der Waals surface area contributed by atoms with Crippen molar-refractivity contribution in [2.24, 2.45) is 0 Å². The second-order valence-electron chi connectivity index (χ2n) is 4.50. The van der Waals surface area contributed by atoms with E-state index >= 15 is 0 Å². The van der Waals surface area contributed by atoms with Gasteiger partial charge in [-0.3, -0.25) is 0 Å². The number of benzene rings is 1. The molecule has 0 aromatic heterocycles. The molecule has 1 rings (SSSR count). The van der Waals surface area contributed by atoms with Crippen LogP contribution >= 0.6 is 15.9 Å². The highest BCUT2D eigenvalue weighted by Gasteiger charge is 2.22. The number of nitrogens with one attached hydrogen (secondary N) is 1. The standard InChI is InChI=1S/C13H17BrN2O/c1-13(2,17-3)8-12(9-15)16-11-6-4-5-10(14)7-11/h4-7,12,16H,8H2,1-3H3. The van der Waals surface area contributed by atoms with Crippen LogP contribution in [0.25, 0.3) is 0 Å². The maximum absolute atomic E-state index is 9.14. The number of rotatable bonds is 5. The zero-order valence-electron chi connectivity index (χ0n) is 10.3. The van der Waals surface area contributed by atoms with Gasteiger partial charge in [0.25, 0.3) is 0 Å². The van der Waals surface area contributed by atoms with Gasteiger partial charge in [0.1, 0.15) is 6.04 Å². The average molecular weight is 297 g/mol. The molecule has 0 spiro atoms. The fourth-order valence-corrected chi connectivity index (χ4v) is 1.88. The molecule has 1 aromatic rings. The van der Waals surface area contributed by atoms with E-state index in [1.54, 1.807) is 7.11 Å². The Morgan fingerprint density at radius 3 is 2.76 bits per heavy atom. The van der Waals surface area contributed by atoms with Gasteiger partial charge in [-0.1, -0.05) is 22.0 Å². The second kappa shape index (κ2) is 6.04. The summed E-state index contributed by atoms with van der Waals surface area (Å²) in [5, 5.41) is 12.3. The first kappa shape index (κ1) is 14.0. The van der Waals surface area contributed by atoms with Crippen molar-refractivity contribution in [3.63, 3.8) is 0 Å². The van der Waals surface area contributed by atoms with E-state index in [0.717, 1.165) is 10.2 Å². The van der Waals surface area contributed by atoms with E-state index in [0.29, 0.717) is 6.42 Å². The largest absolute Gasteiger partial charge is 0.379 e. The lowest BCUT2D eigenvalue weighted by Gasteiger charge is -2.26. The Labute approximate surface area is 111 Å². The Balaban J connectivity index is 2.68. The quantitative estimate of drug-likeness (QED) is 0.903. The van der Waals surface area contributed by atoms with Crippen LogP contribution in [0.3, 0.4) is 0 Å². The summed E-state index contributed by atoms with van der Waals surface area (Å²) in [5.74, 6) is 0. The van der Waals surface area contributed by atoms with Crippen molar-refractivity contribution in [3.8, 4) is 6.07 Å². The summed E-state index contributed by atoms with van der Waals surface area (Å²) in [7, 11) is 1.66. The van der Waals surface area contributed by atoms with Crippen LogP contribution in [0, 0.1) is 11.3 Å². The lowest BCUT2D eigenvalue weighted by Crippen LogP contribution is -2.32. The molecule has 0 radical (unpaired) electrons. The van der Waals surface area contributed by atoms with E-state index in [-0.39, 0.29) is 11.6 Å². The fraction of sp³-hybridized carbons (Fsp3) is 0.462. The zero-order valence-corrected chi connectivity index (χ0v) is 11.9. The number of methoxy groups -OCH3 is 1. The predicted octanol–water partition coefficient (Wildman–Crippen LogP) is 3.57. The van der Waals surface area contributed by atoms with Crippen LogP contribution in [0.5, 0.6) is 0 Å². The van der Waals surface area contributed by atoms with E-state index in [1.807, 2.05) is 38.1 Å². The number of ether oxygens (including phenoxy) is 1. The van der Waals surface area contributed by atoms with E-state index in [1.165, 1.54) is 0 Å². The Morgan fingerprint density at radius 1 is 1.53 bits per heavy atom. The molecule has 0 aliphatic heterocycles. The molecule has 0 heterocycles. The van der Waals surface area contributed by atoms with Gasteiger partial charge >= 0.3 is 0 Å². The maximum atomic E-state index is 9.14. The van der Waals surface area contributed by atoms with Crippen molar-refractivity contribution < 1.29 is 4.74 Å². The first-order valence-electron chi connectivity index (χ1n) is 5.44. The van der Waals surface area contributed by atoms with Crippen molar-refractivity contribution in [1.82, 2.24) is 0 Å². The molecule has 0 aliphatic carbocycles. The summed E-state index contributed by atoms with van der Waals surface area (Å²) in [6.45, 7) is 3.94. The van der Waals surface area contributed by atoms with Crippen LogP contribution in [0.2, 0.25) is 0 Å². The molecule has 0 amide bonds. The van der Waals surface area contributed by atoms with Gasteiger partial charge in [-0.15, -0.1) is 0 Å². The molecule has 0 fully saturated rings. The van der Waals surface area contributed by atoms with Crippen LogP contribution in [-0.2, 0) is 4.74 Å². The summed E-state index contributed by atoms with van der Waals surface area (Å²) in [5.41, 5.74) is 0.622. The number of hydrogen-bond donors (Lipinski definition) is 1. The summed E-state index contributed by atoms with van der Waals surface area (Å²) < 4.78 is 6.32. The van der Waals surface area contributed by atoms with E-state index < -0.39 is 0 Å². The molecule has 4 heteroatoms. The van der Waals surface area contributed by atoms with Gasteiger partial charge in [0, 0.05) is 23.7 Å². The van der Waals surface area contributed by atoms with Crippen molar-refractivity contribution in [3.05, 3.63) is 28.7 Å². The summed E-state index contributed by atoms with van der Waals surface area (Å²) in [6, 6.07) is 9.76. The molecule has 0 aliphatic rings.